The number of halogens is 1. The average Bonchev–Trinajstić information content (AvgIpc) is 2.92. The van der Waals surface area contributed by atoms with Crippen molar-refractivity contribution in [1.82, 2.24) is 14.9 Å². The van der Waals surface area contributed by atoms with E-state index in [0.29, 0.717) is 15.5 Å². The van der Waals surface area contributed by atoms with Crippen LogP contribution in [0.25, 0.3) is 0 Å². The van der Waals surface area contributed by atoms with Crippen molar-refractivity contribution < 1.29 is 4.39 Å². The maximum Gasteiger partial charge on any atom is 0.217 e. The molecule has 0 aliphatic rings. The molecule has 1 N–H and O–H groups in total. The Balaban J connectivity index is 1.77. The molecule has 0 aliphatic carbocycles. The van der Waals surface area contributed by atoms with Gasteiger partial charge in [-0.15, -0.1) is 5.10 Å². The van der Waals surface area contributed by atoms with Gasteiger partial charge in [-0.25, -0.2) is 9.49 Å². The monoisotopic (exact) mass is 344 g/mol. The first kappa shape index (κ1) is 15.6. The fourth-order valence-corrected chi connectivity index (χ4v) is 3.00. The lowest BCUT2D eigenvalue weighted by atomic mass is 10.2. The van der Waals surface area contributed by atoms with Crippen molar-refractivity contribution in [2.45, 2.75) is 10.9 Å². The molecule has 0 atom stereocenters. The normalized spacial score (nSPS) is 11.2. The van der Waals surface area contributed by atoms with Crippen molar-refractivity contribution in [3.05, 3.63) is 76.3 Å². The summed E-state index contributed by atoms with van der Waals surface area (Å²) >= 11 is 6.71. The minimum atomic E-state index is -0.302. The standard InChI is InChI=1S/C16H13FN4S2/c17-14-8-4-7-13(9-14)10-18-21-15(22)19-20-16(21)23-11-12-5-2-1-3-6-12/h1-10H,11H2,(H,19,22)/b18-10-. The van der Waals surface area contributed by atoms with E-state index in [1.54, 1.807) is 18.3 Å². The number of rotatable bonds is 5. The number of hydrogen-bond donors (Lipinski definition) is 1. The fourth-order valence-electron chi connectivity index (χ4n) is 1.91. The number of nitrogens with zero attached hydrogens (tertiary/aromatic N) is 3. The molecule has 0 saturated heterocycles. The number of hydrogen-bond acceptors (Lipinski definition) is 4. The number of benzene rings is 2. The smallest absolute Gasteiger partial charge is 0.217 e. The number of aromatic nitrogens is 3. The van der Waals surface area contributed by atoms with Gasteiger partial charge in [0.25, 0.3) is 0 Å². The van der Waals surface area contributed by atoms with Crippen LogP contribution in [0, 0.1) is 10.6 Å². The lowest BCUT2D eigenvalue weighted by Crippen LogP contribution is -1.94. The van der Waals surface area contributed by atoms with E-state index >= 15 is 0 Å². The van der Waals surface area contributed by atoms with Crippen LogP contribution in [0.2, 0.25) is 0 Å². The predicted molar refractivity (Wildman–Crippen MR) is 92.8 cm³/mol. The van der Waals surface area contributed by atoms with Gasteiger partial charge < -0.3 is 0 Å². The average molecular weight is 344 g/mol. The van der Waals surface area contributed by atoms with E-state index in [4.69, 9.17) is 12.2 Å². The van der Waals surface area contributed by atoms with Crippen LogP contribution in [0.4, 0.5) is 4.39 Å². The van der Waals surface area contributed by atoms with E-state index in [1.165, 1.54) is 34.1 Å². The molecule has 0 saturated carbocycles. The SMILES string of the molecule is Fc1cccc(/C=N\n2c(SCc3ccccc3)n[nH]c2=S)c1. The Kier molecular flexibility index (Phi) is 4.99. The minimum Gasteiger partial charge on any atom is -0.249 e. The van der Waals surface area contributed by atoms with Gasteiger partial charge in [0.05, 0.1) is 6.21 Å². The minimum absolute atomic E-state index is 0.302. The molecule has 116 valence electrons. The third-order valence-electron chi connectivity index (χ3n) is 3.00. The molecule has 2 aromatic carbocycles. The zero-order valence-corrected chi connectivity index (χ0v) is 13.6. The molecule has 7 heteroatoms. The summed E-state index contributed by atoms with van der Waals surface area (Å²) in [6.07, 6.45) is 1.56. The number of thioether (sulfide) groups is 1. The zero-order chi connectivity index (χ0) is 16.1. The molecule has 0 radical (unpaired) electrons. The number of H-pyrrole nitrogens is 1. The third kappa shape index (κ3) is 4.14. The van der Waals surface area contributed by atoms with Crippen LogP contribution in [0.3, 0.4) is 0 Å². The zero-order valence-electron chi connectivity index (χ0n) is 12.0. The molecule has 0 fully saturated rings. The largest absolute Gasteiger partial charge is 0.249 e. The summed E-state index contributed by atoms with van der Waals surface area (Å²) in [5, 5.41) is 11.9. The van der Waals surface area contributed by atoms with E-state index in [9.17, 15) is 4.39 Å². The summed E-state index contributed by atoms with van der Waals surface area (Å²) in [6.45, 7) is 0. The number of aromatic amines is 1. The first-order valence-corrected chi connectivity index (χ1v) is 8.26. The lowest BCUT2D eigenvalue weighted by molar-refractivity contribution is 0.627. The van der Waals surface area contributed by atoms with Gasteiger partial charge in [-0.05, 0) is 35.5 Å². The van der Waals surface area contributed by atoms with E-state index < -0.39 is 0 Å². The highest BCUT2D eigenvalue weighted by Crippen LogP contribution is 2.20. The molecule has 4 nitrogen and oxygen atoms in total. The van der Waals surface area contributed by atoms with Gasteiger partial charge in [-0.1, -0.05) is 54.2 Å². The van der Waals surface area contributed by atoms with Crippen LogP contribution in [-0.4, -0.2) is 21.1 Å². The van der Waals surface area contributed by atoms with Crippen LogP contribution in [-0.2, 0) is 5.75 Å². The molecule has 0 bridgehead atoms. The van der Waals surface area contributed by atoms with Crippen LogP contribution < -0.4 is 0 Å². The van der Waals surface area contributed by atoms with Gasteiger partial charge >= 0.3 is 0 Å². The summed E-state index contributed by atoms with van der Waals surface area (Å²) in [5.41, 5.74) is 1.85. The van der Waals surface area contributed by atoms with E-state index in [2.05, 4.69) is 27.4 Å². The highest BCUT2D eigenvalue weighted by Gasteiger charge is 2.06. The van der Waals surface area contributed by atoms with Crippen molar-refractivity contribution >= 4 is 30.2 Å². The van der Waals surface area contributed by atoms with Crippen molar-refractivity contribution in [3.63, 3.8) is 0 Å². The van der Waals surface area contributed by atoms with Crippen LogP contribution in [0.1, 0.15) is 11.1 Å². The van der Waals surface area contributed by atoms with Gasteiger partial charge in [-0.3, -0.25) is 0 Å². The van der Waals surface area contributed by atoms with Gasteiger partial charge in [0.15, 0.2) is 0 Å². The van der Waals surface area contributed by atoms with Gasteiger partial charge in [0.1, 0.15) is 5.82 Å². The van der Waals surface area contributed by atoms with Gasteiger partial charge in [0.2, 0.25) is 9.93 Å². The topological polar surface area (TPSA) is 46.0 Å². The molecule has 1 aromatic heterocycles. The molecule has 0 aliphatic heterocycles. The van der Waals surface area contributed by atoms with E-state index in [1.807, 2.05) is 18.2 Å². The summed E-state index contributed by atoms with van der Waals surface area (Å²) < 4.78 is 15.1. The Labute approximate surface area is 142 Å². The highest BCUT2D eigenvalue weighted by molar-refractivity contribution is 7.98. The third-order valence-corrected chi connectivity index (χ3v) is 4.27. The Hall–Kier alpha value is -2.25. The molecule has 0 unspecified atom stereocenters. The maximum absolute atomic E-state index is 13.2. The van der Waals surface area contributed by atoms with Crippen molar-refractivity contribution in [1.29, 1.82) is 0 Å². The van der Waals surface area contributed by atoms with Gasteiger partial charge in [0, 0.05) is 5.75 Å². The summed E-state index contributed by atoms with van der Waals surface area (Å²) in [4.78, 5) is 0. The summed E-state index contributed by atoms with van der Waals surface area (Å²) in [7, 11) is 0. The maximum atomic E-state index is 13.2. The Morgan fingerprint density at radius 1 is 1.22 bits per heavy atom. The quantitative estimate of drug-likeness (QED) is 0.427. The number of nitrogens with one attached hydrogen (secondary N) is 1. The Bertz CT molecular complexity index is 871. The summed E-state index contributed by atoms with van der Waals surface area (Å²) in [5.74, 6) is 0.457. The van der Waals surface area contributed by atoms with E-state index in [0.717, 1.165) is 5.75 Å². The van der Waals surface area contributed by atoms with Crippen molar-refractivity contribution in [2.75, 3.05) is 0 Å². The van der Waals surface area contributed by atoms with Crippen LogP contribution >= 0.6 is 24.0 Å². The highest BCUT2D eigenvalue weighted by atomic mass is 32.2. The second kappa shape index (κ2) is 7.34. The lowest BCUT2D eigenvalue weighted by Gasteiger charge is -2.01. The van der Waals surface area contributed by atoms with Crippen molar-refractivity contribution in [2.24, 2.45) is 5.10 Å². The van der Waals surface area contributed by atoms with Crippen LogP contribution in [0.15, 0.2) is 64.9 Å². The van der Waals surface area contributed by atoms with Gasteiger partial charge in [-0.2, -0.15) is 9.78 Å². The molecule has 3 aromatic rings. The van der Waals surface area contributed by atoms with Crippen LogP contribution in [0.5, 0.6) is 0 Å². The molecule has 23 heavy (non-hydrogen) atoms. The Morgan fingerprint density at radius 3 is 2.83 bits per heavy atom. The summed E-state index contributed by atoms with van der Waals surface area (Å²) in [6, 6.07) is 16.3. The molecular formula is C16H13FN4S2. The van der Waals surface area contributed by atoms with E-state index in [-0.39, 0.29) is 5.82 Å². The predicted octanol–water partition coefficient (Wildman–Crippen LogP) is 4.25. The molecule has 1 heterocycles. The first-order valence-electron chi connectivity index (χ1n) is 6.86. The molecular weight excluding hydrogens is 331 g/mol. The fraction of sp³-hybridized carbons (Fsp3) is 0.0625. The molecule has 0 amide bonds. The van der Waals surface area contributed by atoms with Crippen molar-refractivity contribution in [3.8, 4) is 0 Å². The first-order chi connectivity index (χ1) is 11.2. The molecule has 3 rings (SSSR count). The second-order valence-corrected chi connectivity index (χ2v) is 6.03. The Morgan fingerprint density at radius 2 is 2.04 bits per heavy atom. The second-order valence-electron chi connectivity index (χ2n) is 4.70. The molecule has 0 spiro atoms.